The third kappa shape index (κ3) is 2.59. The minimum Gasteiger partial charge on any atom is -0.463 e. The van der Waals surface area contributed by atoms with Gasteiger partial charge in [-0.05, 0) is 26.8 Å². The number of hydrogen-bond acceptors (Lipinski definition) is 5. The second-order valence-corrected chi connectivity index (χ2v) is 5.19. The summed E-state index contributed by atoms with van der Waals surface area (Å²) in [6.45, 7) is 5.05. The van der Waals surface area contributed by atoms with Crippen molar-refractivity contribution in [3.05, 3.63) is 35.5 Å². The molecule has 1 N–H and O–H groups in total. The zero-order chi connectivity index (χ0) is 17.2. The number of hydrogen-bond donors (Lipinski definition) is 1. The fourth-order valence-electron chi connectivity index (χ4n) is 2.74. The zero-order valence-corrected chi connectivity index (χ0v) is 13.8. The van der Waals surface area contributed by atoms with Crippen molar-refractivity contribution >= 4 is 22.8 Å². The Morgan fingerprint density at radius 2 is 1.65 bits per heavy atom. The van der Waals surface area contributed by atoms with E-state index in [4.69, 9.17) is 9.47 Å². The van der Waals surface area contributed by atoms with Crippen LogP contribution in [0.3, 0.4) is 0 Å². The van der Waals surface area contributed by atoms with Crippen molar-refractivity contribution in [1.82, 2.24) is 4.57 Å². The maximum absolute atomic E-state index is 12.4. The first-order valence-corrected chi connectivity index (χ1v) is 7.50. The zero-order valence-electron chi connectivity index (χ0n) is 13.8. The molecule has 0 aliphatic rings. The smallest absolute Gasteiger partial charge is 0.355 e. The van der Waals surface area contributed by atoms with Gasteiger partial charge in [0, 0.05) is 29.2 Å². The Balaban J connectivity index is 2.77. The van der Waals surface area contributed by atoms with E-state index in [2.05, 4.69) is 0 Å². The molecule has 0 atom stereocenters. The molecule has 0 unspecified atom stereocenters. The molecule has 2 aromatic rings. The molecule has 0 bridgehead atoms. The first-order chi connectivity index (χ1) is 10.9. The average molecular weight is 319 g/mol. The van der Waals surface area contributed by atoms with Crippen molar-refractivity contribution < 1.29 is 24.2 Å². The van der Waals surface area contributed by atoms with Crippen molar-refractivity contribution in [3.8, 4) is 0 Å². The number of carbonyl (C=O) groups excluding carboxylic acids is 2. The lowest BCUT2D eigenvalue weighted by molar-refractivity contribution is -0.184. The van der Waals surface area contributed by atoms with Gasteiger partial charge in [0.1, 0.15) is 0 Å². The number of carbonyl (C=O) groups is 2. The van der Waals surface area contributed by atoms with Crippen LogP contribution in [0, 0.1) is 6.92 Å². The summed E-state index contributed by atoms with van der Waals surface area (Å²) in [4.78, 5) is 24.8. The number of para-hydroxylation sites is 1. The number of nitrogens with zero attached hydrogens (tertiary/aromatic N) is 1. The number of aryl methyl sites for hydroxylation is 1. The lowest BCUT2D eigenvalue weighted by Gasteiger charge is -2.24. The standard InChI is InChI=1S/C17H21NO5/c1-5-22-15(19)17(21,16(20)23-6-2)14-11(3)18(4)13-10-8-7-9-12(13)14/h7-10,21H,5-6H2,1-4H3. The molecule has 124 valence electrons. The number of rotatable bonds is 5. The number of fused-ring (bicyclic) bond motifs is 1. The Morgan fingerprint density at radius 1 is 1.13 bits per heavy atom. The highest BCUT2D eigenvalue weighted by atomic mass is 16.6. The van der Waals surface area contributed by atoms with Gasteiger partial charge in [0.25, 0.3) is 5.60 Å². The molecule has 0 radical (unpaired) electrons. The maximum atomic E-state index is 12.4. The Kier molecular flexibility index (Phi) is 4.75. The van der Waals surface area contributed by atoms with Crippen molar-refractivity contribution in [2.45, 2.75) is 26.4 Å². The van der Waals surface area contributed by atoms with Gasteiger partial charge in [0.15, 0.2) is 0 Å². The Morgan fingerprint density at radius 3 is 2.17 bits per heavy atom. The minimum absolute atomic E-state index is 0.0460. The molecule has 6 nitrogen and oxygen atoms in total. The van der Waals surface area contributed by atoms with E-state index in [-0.39, 0.29) is 18.8 Å². The monoisotopic (exact) mass is 319 g/mol. The molecule has 0 aliphatic carbocycles. The largest absolute Gasteiger partial charge is 0.463 e. The van der Waals surface area contributed by atoms with Gasteiger partial charge >= 0.3 is 11.9 Å². The SMILES string of the molecule is CCOC(=O)C(O)(C(=O)OCC)c1c(C)n(C)c2ccccc12. The van der Waals surface area contributed by atoms with Gasteiger partial charge in [-0.15, -0.1) is 0 Å². The highest BCUT2D eigenvalue weighted by molar-refractivity contribution is 6.08. The van der Waals surface area contributed by atoms with Crippen molar-refractivity contribution in [1.29, 1.82) is 0 Å². The van der Waals surface area contributed by atoms with Gasteiger partial charge in [-0.1, -0.05) is 18.2 Å². The van der Waals surface area contributed by atoms with Crippen LogP contribution in [-0.4, -0.2) is 34.8 Å². The molecular weight excluding hydrogens is 298 g/mol. The van der Waals surface area contributed by atoms with Gasteiger partial charge < -0.3 is 19.1 Å². The summed E-state index contributed by atoms with van der Waals surface area (Å²) >= 11 is 0. The van der Waals surface area contributed by atoms with Gasteiger partial charge in [-0.3, -0.25) is 0 Å². The first kappa shape index (κ1) is 17.0. The molecule has 0 fully saturated rings. The van der Waals surface area contributed by atoms with E-state index in [0.717, 1.165) is 5.52 Å². The predicted molar refractivity (Wildman–Crippen MR) is 84.8 cm³/mol. The van der Waals surface area contributed by atoms with Crippen LogP contribution in [0.25, 0.3) is 10.9 Å². The normalized spacial score (nSPS) is 11.5. The van der Waals surface area contributed by atoms with Crippen LogP contribution in [0.2, 0.25) is 0 Å². The molecule has 0 amide bonds. The van der Waals surface area contributed by atoms with Crippen molar-refractivity contribution in [3.63, 3.8) is 0 Å². The molecule has 1 heterocycles. The summed E-state index contributed by atoms with van der Waals surface area (Å²) in [5.41, 5.74) is -0.897. The van der Waals surface area contributed by atoms with Crippen molar-refractivity contribution in [2.24, 2.45) is 7.05 Å². The second-order valence-electron chi connectivity index (χ2n) is 5.19. The third-order valence-corrected chi connectivity index (χ3v) is 3.90. The van der Waals surface area contributed by atoms with Gasteiger partial charge in [-0.25, -0.2) is 9.59 Å². The summed E-state index contributed by atoms with van der Waals surface area (Å²) in [5.74, 6) is -2.06. The van der Waals surface area contributed by atoms with E-state index in [1.54, 1.807) is 40.0 Å². The number of esters is 2. The summed E-state index contributed by atoms with van der Waals surface area (Å²) in [6, 6.07) is 7.23. The van der Waals surface area contributed by atoms with E-state index >= 15 is 0 Å². The van der Waals surface area contributed by atoms with Gasteiger partial charge in [0.05, 0.1) is 13.2 Å². The molecule has 0 saturated heterocycles. The Bertz CT molecular complexity index is 729. The summed E-state index contributed by atoms with van der Waals surface area (Å²) in [7, 11) is 1.80. The van der Waals surface area contributed by atoms with Crippen LogP contribution >= 0.6 is 0 Å². The topological polar surface area (TPSA) is 77.8 Å². The second kappa shape index (κ2) is 6.42. The molecule has 1 aromatic heterocycles. The van der Waals surface area contributed by atoms with Crippen LogP contribution < -0.4 is 0 Å². The summed E-state index contributed by atoms with van der Waals surface area (Å²) in [6.07, 6.45) is 0. The highest BCUT2D eigenvalue weighted by Crippen LogP contribution is 2.35. The fraction of sp³-hybridized carbons (Fsp3) is 0.412. The van der Waals surface area contributed by atoms with Crippen LogP contribution in [0.15, 0.2) is 24.3 Å². The maximum Gasteiger partial charge on any atom is 0.355 e. The molecule has 1 aromatic carbocycles. The molecule has 0 spiro atoms. The van der Waals surface area contributed by atoms with Crippen molar-refractivity contribution in [2.75, 3.05) is 13.2 Å². The molecule has 2 rings (SSSR count). The third-order valence-electron chi connectivity index (χ3n) is 3.90. The van der Waals surface area contributed by atoms with Gasteiger partial charge in [-0.2, -0.15) is 0 Å². The molecule has 6 heteroatoms. The lowest BCUT2D eigenvalue weighted by Crippen LogP contribution is -2.46. The Hall–Kier alpha value is -2.34. The van der Waals surface area contributed by atoms with E-state index in [0.29, 0.717) is 11.1 Å². The minimum atomic E-state index is -2.49. The van der Waals surface area contributed by atoms with Crippen LogP contribution in [0.5, 0.6) is 0 Å². The summed E-state index contributed by atoms with van der Waals surface area (Å²) < 4.78 is 11.7. The van der Waals surface area contributed by atoms with E-state index in [1.165, 1.54) is 0 Å². The molecule has 0 aliphatic heterocycles. The molecule has 23 heavy (non-hydrogen) atoms. The van der Waals surface area contributed by atoms with Crippen LogP contribution in [0.1, 0.15) is 25.1 Å². The summed E-state index contributed by atoms with van der Waals surface area (Å²) in [5, 5.41) is 11.6. The average Bonchev–Trinajstić information content (AvgIpc) is 2.79. The number of aliphatic hydroxyl groups is 1. The van der Waals surface area contributed by atoms with E-state index in [1.807, 2.05) is 16.7 Å². The van der Waals surface area contributed by atoms with Crippen LogP contribution in [-0.2, 0) is 31.7 Å². The van der Waals surface area contributed by atoms with Gasteiger partial charge in [0.2, 0.25) is 0 Å². The first-order valence-electron chi connectivity index (χ1n) is 7.50. The Labute approximate surface area is 134 Å². The lowest BCUT2D eigenvalue weighted by atomic mass is 9.91. The number of ether oxygens (including phenoxy) is 2. The number of aromatic nitrogens is 1. The highest BCUT2D eigenvalue weighted by Gasteiger charge is 2.52. The van der Waals surface area contributed by atoms with E-state index < -0.39 is 17.5 Å². The predicted octanol–water partition coefficient (Wildman–Crippen LogP) is 1.80. The molecule has 0 saturated carbocycles. The fourth-order valence-corrected chi connectivity index (χ4v) is 2.74. The van der Waals surface area contributed by atoms with E-state index in [9.17, 15) is 14.7 Å². The molecular formula is C17H21NO5. The number of benzene rings is 1. The van der Waals surface area contributed by atoms with Crippen LogP contribution in [0.4, 0.5) is 0 Å². The quantitative estimate of drug-likeness (QED) is 0.671.